The molecule has 0 aromatic carbocycles. The summed E-state index contributed by atoms with van der Waals surface area (Å²) in [6.07, 6.45) is 2.41. The van der Waals surface area contributed by atoms with Crippen LogP contribution >= 0.6 is 0 Å². The number of anilines is 1. The summed E-state index contributed by atoms with van der Waals surface area (Å²) in [5.74, 6) is 0.0101. The van der Waals surface area contributed by atoms with Gasteiger partial charge in [0.25, 0.3) is 0 Å². The van der Waals surface area contributed by atoms with E-state index in [-0.39, 0.29) is 5.69 Å². The van der Waals surface area contributed by atoms with E-state index in [4.69, 9.17) is 10.00 Å². The Labute approximate surface area is 104 Å². The van der Waals surface area contributed by atoms with Crippen LogP contribution in [0.1, 0.15) is 10.5 Å². The van der Waals surface area contributed by atoms with Crippen LogP contribution in [0.15, 0.2) is 12.4 Å². The molecule has 7 heteroatoms. The van der Waals surface area contributed by atoms with Crippen LogP contribution in [0.5, 0.6) is 0 Å². The molecule has 1 unspecified atom stereocenters. The first-order chi connectivity index (χ1) is 8.74. The molecule has 1 saturated heterocycles. The zero-order chi connectivity index (χ0) is 13.0. The van der Waals surface area contributed by atoms with Gasteiger partial charge in [0.15, 0.2) is 11.8 Å². The summed E-state index contributed by atoms with van der Waals surface area (Å²) in [5.41, 5.74) is 0.148. The quantitative estimate of drug-likeness (QED) is 0.680. The van der Waals surface area contributed by atoms with Crippen LogP contribution in [0, 0.1) is 11.3 Å². The molecule has 1 aliphatic heterocycles. The number of nitrogens with zero attached hydrogens (tertiary/aromatic N) is 4. The van der Waals surface area contributed by atoms with E-state index in [0.29, 0.717) is 25.5 Å². The molecule has 0 N–H and O–H groups in total. The third-order valence-corrected chi connectivity index (χ3v) is 2.55. The summed E-state index contributed by atoms with van der Waals surface area (Å²) in [7, 11) is 1.29. The Morgan fingerprint density at radius 2 is 2.50 bits per heavy atom. The van der Waals surface area contributed by atoms with Crippen LogP contribution < -0.4 is 4.90 Å². The third-order valence-electron chi connectivity index (χ3n) is 2.55. The van der Waals surface area contributed by atoms with Gasteiger partial charge in [-0.15, -0.1) is 0 Å². The molecule has 0 radical (unpaired) electrons. The summed E-state index contributed by atoms with van der Waals surface area (Å²) in [6, 6.07) is 2.05. The van der Waals surface area contributed by atoms with Crippen LogP contribution in [-0.4, -0.2) is 48.8 Å². The van der Waals surface area contributed by atoms with E-state index >= 15 is 0 Å². The number of hydrogen-bond acceptors (Lipinski definition) is 7. The molecule has 1 aromatic rings. The Morgan fingerprint density at radius 1 is 1.67 bits per heavy atom. The normalized spacial score (nSPS) is 19.1. The lowest BCUT2D eigenvalue weighted by molar-refractivity contribution is 0.0593. The standard InChI is InChI=1S/C11H12N4O3/c1-17-11(16)9-5-13-6-10(14-9)15-2-3-18-8(4-12)7-15/h5-6,8H,2-3,7H2,1H3. The van der Waals surface area contributed by atoms with Gasteiger partial charge >= 0.3 is 5.97 Å². The minimum Gasteiger partial charge on any atom is -0.464 e. The van der Waals surface area contributed by atoms with E-state index in [9.17, 15) is 4.79 Å². The van der Waals surface area contributed by atoms with Gasteiger partial charge in [-0.3, -0.25) is 4.98 Å². The fourth-order valence-corrected chi connectivity index (χ4v) is 1.65. The fraction of sp³-hybridized carbons (Fsp3) is 0.455. The number of carbonyl (C=O) groups excluding carboxylic acids is 1. The van der Waals surface area contributed by atoms with Crippen molar-refractivity contribution >= 4 is 11.8 Å². The Bertz CT molecular complexity index is 485. The third kappa shape index (κ3) is 2.55. The van der Waals surface area contributed by atoms with E-state index in [1.165, 1.54) is 13.3 Å². The topological polar surface area (TPSA) is 88.3 Å². The highest BCUT2D eigenvalue weighted by molar-refractivity contribution is 5.87. The maximum atomic E-state index is 11.3. The number of esters is 1. The average molecular weight is 248 g/mol. The van der Waals surface area contributed by atoms with Crippen molar-refractivity contribution in [2.24, 2.45) is 0 Å². The molecule has 0 saturated carbocycles. The van der Waals surface area contributed by atoms with Crippen molar-refractivity contribution in [2.45, 2.75) is 6.10 Å². The van der Waals surface area contributed by atoms with Crippen molar-refractivity contribution in [2.75, 3.05) is 31.7 Å². The van der Waals surface area contributed by atoms with Crippen molar-refractivity contribution in [3.8, 4) is 6.07 Å². The van der Waals surface area contributed by atoms with Gasteiger partial charge in [0.1, 0.15) is 5.82 Å². The van der Waals surface area contributed by atoms with Gasteiger partial charge in [0, 0.05) is 6.54 Å². The number of aromatic nitrogens is 2. The number of rotatable bonds is 2. The first-order valence-electron chi connectivity index (χ1n) is 5.41. The Balaban J connectivity index is 2.18. The number of carbonyl (C=O) groups is 1. The lowest BCUT2D eigenvalue weighted by atomic mass is 10.3. The highest BCUT2D eigenvalue weighted by atomic mass is 16.5. The molecule has 18 heavy (non-hydrogen) atoms. The molecule has 1 aliphatic rings. The zero-order valence-corrected chi connectivity index (χ0v) is 9.87. The largest absolute Gasteiger partial charge is 0.464 e. The molecule has 0 spiro atoms. The second-order valence-corrected chi connectivity index (χ2v) is 3.69. The van der Waals surface area contributed by atoms with E-state index in [1.54, 1.807) is 6.20 Å². The molecule has 1 aromatic heterocycles. The second-order valence-electron chi connectivity index (χ2n) is 3.69. The highest BCUT2D eigenvalue weighted by Crippen LogP contribution is 2.14. The van der Waals surface area contributed by atoms with Crippen LogP contribution in [0.2, 0.25) is 0 Å². The molecule has 1 fully saturated rings. The van der Waals surface area contributed by atoms with Crippen molar-refractivity contribution in [1.82, 2.24) is 9.97 Å². The molecule has 2 heterocycles. The monoisotopic (exact) mass is 248 g/mol. The molecule has 94 valence electrons. The first-order valence-corrected chi connectivity index (χ1v) is 5.41. The summed E-state index contributed by atoms with van der Waals surface area (Å²) in [4.78, 5) is 21.3. The maximum Gasteiger partial charge on any atom is 0.358 e. The van der Waals surface area contributed by atoms with Crippen LogP contribution in [0.4, 0.5) is 5.82 Å². The SMILES string of the molecule is COC(=O)c1cncc(N2CCOC(C#N)C2)n1. The lowest BCUT2D eigenvalue weighted by Gasteiger charge is -2.30. The van der Waals surface area contributed by atoms with Gasteiger partial charge in [0.2, 0.25) is 0 Å². The number of ether oxygens (including phenoxy) is 2. The number of hydrogen-bond donors (Lipinski definition) is 0. The van der Waals surface area contributed by atoms with Crippen LogP contribution in [-0.2, 0) is 9.47 Å². The van der Waals surface area contributed by atoms with Crippen molar-refractivity contribution in [3.63, 3.8) is 0 Å². The minimum atomic E-state index is -0.533. The van der Waals surface area contributed by atoms with Gasteiger partial charge in [-0.1, -0.05) is 0 Å². The molecule has 1 atom stereocenters. The van der Waals surface area contributed by atoms with Gasteiger partial charge in [-0.25, -0.2) is 9.78 Å². The zero-order valence-electron chi connectivity index (χ0n) is 9.87. The average Bonchev–Trinajstić information content (AvgIpc) is 2.46. The molecule has 0 amide bonds. The van der Waals surface area contributed by atoms with Crippen molar-refractivity contribution < 1.29 is 14.3 Å². The molecule has 7 nitrogen and oxygen atoms in total. The van der Waals surface area contributed by atoms with Gasteiger partial charge in [-0.05, 0) is 0 Å². The van der Waals surface area contributed by atoms with Gasteiger partial charge in [0.05, 0.1) is 38.7 Å². The van der Waals surface area contributed by atoms with Gasteiger partial charge in [-0.2, -0.15) is 5.26 Å². The molecule has 0 aliphatic carbocycles. The predicted octanol–water partition coefficient (Wildman–Crippen LogP) is -0.00802. The van der Waals surface area contributed by atoms with E-state index in [2.05, 4.69) is 14.7 Å². The first kappa shape index (κ1) is 12.3. The lowest BCUT2D eigenvalue weighted by Crippen LogP contribution is -2.42. The number of methoxy groups -OCH3 is 1. The predicted molar refractivity (Wildman–Crippen MR) is 60.9 cm³/mol. The van der Waals surface area contributed by atoms with E-state index < -0.39 is 12.1 Å². The summed E-state index contributed by atoms with van der Waals surface area (Å²) in [6.45, 7) is 1.47. The molecular weight excluding hydrogens is 236 g/mol. The number of morpholine rings is 1. The Morgan fingerprint density at radius 3 is 3.22 bits per heavy atom. The summed E-state index contributed by atoms with van der Waals surface area (Å²) >= 11 is 0. The summed E-state index contributed by atoms with van der Waals surface area (Å²) in [5, 5.41) is 8.82. The minimum absolute atomic E-state index is 0.148. The van der Waals surface area contributed by atoms with Crippen molar-refractivity contribution in [3.05, 3.63) is 18.1 Å². The van der Waals surface area contributed by atoms with Crippen LogP contribution in [0.3, 0.4) is 0 Å². The molecule has 2 rings (SSSR count). The van der Waals surface area contributed by atoms with E-state index in [0.717, 1.165) is 0 Å². The van der Waals surface area contributed by atoms with Crippen LogP contribution in [0.25, 0.3) is 0 Å². The Kier molecular flexibility index (Phi) is 3.69. The fourth-order valence-electron chi connectivity index (χ4n) is 1.65. The molecular formula is C11H12N4O3. The maximum absolute atomic E-state index is 11.3. The van der Waals surface area contributed by atoms with E-state index in [1.807, 2.05) is 11.0 Å². The van der Waals surface area contributed by atoms with Gasteiger partial charge < -0.3 is 14.4 Å². The highest BCUT2D eigenvalue weighted by Gasteiger charge is 2.22. The molecule has 0 bridgehead atoms. The number of nitriles is 1. The Hall–Kier alpha value is -2.20. The summed E-state index contributed by atoms with van der Waals surface area (Å²) < 4.78 is 9.82. The van der Waals surface area contributed by atoms with Crippen molar-refractivity contribution in [1.29, 1.82) is 5.26 Å². The second kappa shape index (κ2) is 5.42. The smallest absolute Gasteiger partial charge is 0.358 e.